The molecule has 1 saturated heterocycles. The average Bonchev–Trinajstić information content (AvgIpc) is 2.73. The minimum atomic E-state index is -0.187. The highest BCUT2D eigenvalue weighted by Gasteiger charge is 2.31. The molecule has 0 saturated carbocycles. The molecule has 1 aromatic heterocycles. The van der Waals surface area contributed by atoms with Crippen LogP contribution in [-0.4, -0.2) is 21.2 Å². The smallest absolute Gasteiger partial charge is 0.131 e. The molecule has 0 spiro atoms. The first kappa shape index (κ1) is 14.5. The van der Waals surface area contributed by atoms with E-state index >= 15 is 0 Å². The SMILES string of the molecule is CCc1nn(C)c(Cl)c1CN1CCC1c1ccc(F)cc1. The minimum Gasteiger partial charge on any atom is -0.292 e. The maximum absolute atomic E-state index is 13.0. The van der Waals surface area contributed by atoms with Crippen LogP contribution in [-0.2, 0) is 20.0 Å². The third-order valence-corrected chi connectivity index (χ3v) is 4.71. The van der Waals surface area contributed by atoms with Crippen molar-refractivity contribution in [2.24, 2.45) is 7.05 Å². The number of likely N-dealkylation sites (tertiary alicyclic amines) is 1. The lowest BCUT2D eigenvalue weighted by atomic mass is 9.94. The van der Waals surface area contributed by atoms with Crippen molar-refractivity contribution in [2.45, 2.75) is 32.4 Å². The molecular weight excluding hydrogens is 289 g/mol. The van der Waals surface area contributed by atoms with Crippen molar-refractivity contribution in [1.29, 1.82) is 0 Å². The Labute approximate surface area is 129 Å². The Morgan fingerprint density at radius 3 is 2.62 bits per heavy atom. The second-order valence-electron chi connectivity index (χ2n) is 5.52. The number of aryl methyl sites for hydroxylation is 2. The van der Waals surface area contributed by atoms with Crippen LogP contribution >= 0.6 is 11.6 Å². The zero-order chi connectivity index (χ0) is 15.0. The Morgan fingerprint density at radius 1 is 1.33 bits per heavy atom. The molecule has 2 aromatic rings. The van der Waals surface area contributed by atoms with E-state index in [2.05, 4.69) is 16.9 Å². The van der Waals surface area contributed by atoms with Gasteiger partial charge in [0.05, 0.1) is 5.69 Å². The standard InChI is InChI=1S/C16H19ClFN3/c1-3-14-13(16(17)20(2)19-14)10-21-9-8-15(21)11-4-6-12(18)7-5-11/h4-7,15H,3,8-10H2,1-2H3. The van der Waals surface area contributed by atoms with Gasteiger partial charge in [0, 0.05) is 31.7 Å². The Bertz CT molecular complexity index is 636. The van der Waals surface area contributed by atoms with Gasteiger partial charge in [-0.1, -0.05) is 30.7 Å². The molecule has 0 bridgehead atoms. The van der Waals surface area contributed by atoms with Gasteiger partial charge < -0.3 is 0 Å². The number of benzene rings is 1. The molecule has 5 heteroatoms. The fourth-order valence-electron chi connectivity index (χ4n) is 2.94. The van der Waals surface area contributed by atoms with Crippen LogP contribution in [0.15, 0.2) is 24.3 Å². The lowest BCUT2D eigenvalue weighted by Crippen LogP contribution is -2.40. The van der Waals surface area contributed by atoms with Crippen LogP contribution in [0.2, 0.25) is 5.15 Å². The summed E-state index contributed by atoms with van der Waals surface area (Å²) in [5, 5.41) is 5.18. The average molecular weight is 308 g/mol. The summed E-state index contributed by atoms with van der Waals surface area (Å²) >= 11 is 6.36. The Balaban J connectivity index is 1.78. The fourth-order valence-corrected chi connectivity index (χ4v) is 3.14. The highest BCUT2D eigenvalue weighted by atomic mass is 35.5. The number of hydrogen-bond acceptors (Lipinski definition) is 2. The van der Waals surface area contributed by atoms with E-state index in [9.17, 15) is 4.39 Å². The second-order valence-corrected chi connectivity index (χ2v) is 5.88. The van der Waals surface area contributed by atoms with Crippen molar-refractivity contribution >= 4 is 11.6 Å². The van der Waals surface area contributed by atoms with Gasteiger partial charge in [0.1, 0.15) is 11.0 Å². The van der Waals surface area contributed by atoms with Gasteiger partial charge in [-0.25, -0.2) is 4.39 Å². The van der Waals surface area contributed by atoms with Crippen molar-refractivity contribution in [3.8, 4) is 0 Å². The van der Waals surface area contributed by atoms with Crippen LogP contribution in [0.3, 0.4) is 0 Å². The molecule has 1 aliphatic heterocycles. The fraction of sp³-hybridized carbons (Fsp3) is 0.438. The summed E-state index contributed by atoms with van der Waals surface area (Å²) in [6.07, 6.45) is 1.98. The molecule has 1 unspecified atom stereocenters. The van der Waals surface area contributed by atoms with Crippen LogP contribution in [0.25, 0.3) is 0 Å². The molecule has 0 radical (unpaired) electrons. The molecule has 2 heterocycles. The van der Waals surface area contributed by atoms with Gasteiger partial charge in [-0.3, -0.25) is 9.58 Å². The number of hydrogen-bond donors (Lipinski definition) is 0. The van der Waals surface area contributed by atoms with Gasteiger partial charge in [0.2, 0.25) is 0 Å². The van der Waals surface area contributed by atoms with Crippen molar-refractivity contribution in [2.75, 3.05) is 6.54 Å². The van der Waals surface area contributed by atoms with Crippen LogP contribution in [0.4, 0.5) is 4.39 Å². The number of rotatable bonds is 4. The summed E-state index contributed by atoms with van der Waals surface area (Å²) in [6.45, 7) is 3.93. The summed E-state index contributed by atoms with van der Waals surface area (Å²) in [5.41, 5.74) is 3.35. The largest absolute Gasteiger partial charge is 0.292 e. The van der Waals surface area contributed by atoms with Gasteiger partial charge in [-0.2, -0.15) is 5.10 Å². The first-order chi connectivity index (χ1) is 10.1. The highest BCUT2D eigenvalue weighted by molar-refractivity contribution is 6.30. The summed E-state index contributed by atoms with van der Waals surface area (Å²) < 4.78 is 14.8. The maximum atomic E-state index is 13.0. The number of aromatic nitrogens is 2. The van der Waals surface area contributed by atoms with E-state index in [0.717, 1.165) is 42.3 Å². The first-order valence-electron chi connectivity index (χ1n) is 7.30. The Morgan fingerprint density at radius 2 is 2.05 bits per heavy atom. The van der Waals surface area contributed by atoms with E-state index in [1.807, 2.05) is 19.2 Å². The topological polar surface area (TPSA) is 21.1 Å². The minimum absolute atomic E-state index is 0.187. The van der Waals surface area contributed by atoms with Crippen molar-refractivity contribution in [1.82, 2.24) is 14.7 Å². The summed E-state index contributed by atoms with van der Waals surface area (Å²) in [5.74, 6) is -0.187. The molecule has 0 aliphatic carbocycles. The van der Waals surface area contributed by atoms with E-state index in [1.165, 1.54) is 17.7 Å². The zero-order valence-electron chi connectivity index (χ0n) is 12.3. The van der Waals surface area contributed by atoms with E-state index < -0.39 is 0 Å². The van der Waals surface area contributed by atoms with Crippen molar-refractivity contribution in [3.05, 3.63) is 52.1 Å². The summed E-state index contributed by atoms with van der Waals surface area (Å²) in [6, 6.07) is 7.16. The number of halogens is 2. The van der Waals surface area contributed by atoms with Crippen LogP contribution in [0.1, 0.15) is 36.2 Å². The van der Waals surface area contributed by atoms with Gasteiger partial charge in [-0.15, -0.1) is 0 Å². The second kappa shape index (κ2) is 5.78. The molecule has 3 nitrogen and oxygen atoms in total. The van der Waals surface area contributed by atoms with Crippen LogP contribution in [0, 0.1) is 5.82 Å². The molecule has 0 amide bonds. The predicted octanol–water partition coefficient (Wildman–Crippen LogP) is 3.72. The maximum Gasteiger partial charge on any atom is 0.131 e. The quantitative estimate of drug-likeness (QED) is 0.858. The van der Waals surface area contributed by atoms with Crippen LogP contribution < -0.4 is 0 Å². The Hall–Kier alpha value is -1.39. The van der Waals surface area contributed by atoms with E-state index in [1.54, 1.807) is 4.68 Å². The van der Waals surface area contributed by atoms with Crippen molar-refractivity contribution in [3.63, 3.8) is 0 Å². The molecule has 3 rings (SSSR count). The molecule has 1 aromatic carbocycles. The normalized spacial score (nSPS) is 18.8. The molecule has 1 aliphatic rings. The summed E-state index contributed by atoms with van der Waals surface area (Å²) in [7, 11) is 1.87. The lowest BCUT2D eigenvalue weighted by Gasteiger charge is -2.41. The molecule has 1 atom stereocenters. The van der Waals surface area contributed by atoms with Gasteiger partial charge >= 0.3 is 0 Å². The van der Waals surface area contributed by atoms with E-state index in [0.29, 0.717) is 6.04 Å². The molecule has 1 fully saturated rings. The summed E-state index contributed by atoms with van der Waals surface area (Å²) in [4.78, 5) is 2.37. The third-order valence-electron chi connectivity index (χ3n) is 4.23. The molecular formula is C16H19ClFN3. The third kappa shape index (κ3) is 2.70. The predicted molar refractivity (Wildman–Crippen MR) is 81.8 cm³/mol. The van der Waals surface area contributed by atoms with Gasteiger partial charge in [-0.05, 0) is 30.5 Å². The van der Waals surface area contributed by atoms with Crippen LogP contribution in [0.5, 0.6) is 0 Å². The molecule has 112 valence electrons. The van der Waals surface area contributed by atoms with Gasteiger partial charge in [0.25, 0.3) is 0 Å². The highest BCUT2D eigenvalue weighted by Crippen LogP contribution is 2.36. The van der Waals surface area contributed by atoms with E-state index in [-0.39, 0.29) is 5.82 Å². The Kier molecular flexibility index (Phi) is 4.00. The first-order valence-corrected chi connectivity index (χ1v) is 7.67. The molecule has 21 heavy (non-hydrogen) atoms. The molecule has 0 N–H and O–H groups in total. The van der Waals surface area contributed by atoms with Gasteiger partial charge in [0.15, 0.2) is 0 Å². The number of nitrogens with zero attached hydrogens (tertiary/aromatic N) is 3. The van der Waals surface area contributed by atoms with Crippen molar-refractivity contribution < 1.29 is 4.39 Å². The van der Waals surface area contributed by atoms with E-state index in [4.69, 9.17) is 11.6 Å². The zero-order valence-corrected chi connectivity index (χ0v) is 13.1. The monoisotopic (exact) mass is 307 g/mol. The lowest BCUT2D eigenvalue weighted by molar-refractivity contribution is 0.0816.